The van der Waals surface area contributed by atoms with E-state index in [1.807, 2.05) is 81.9 Å². The second kappa shape index (κ2) is 20.1. The zero-order valence-electron chi connectivity index (χ0n) is 41.3. The predicted molar refractivity (Wildman–Crippen MR) is 273 cm³/mol. The van der Waals surface area contributed by atoms with Crippen molar-refractivity contribution in [2.75, 3.05) is 31.1 Å². The van der Waals surface area contributed by atoms with Gasteiger partial charge < -0.3 is 40.5 Å². The van der Waals surface area contributed by atoms with Crippen molar-refractivity contribution in [3.05, 3.63) is 101 Å². The van der Waals surface area contributed by atoms with E-state index < -0.39 is 23.6 Å². The molecular formula is C54H65N11O5S. The minimum Gasteiger partial charge on any atom is -0.507 e. The lowest BCUT2D eigenvalue weighted by Gasteiger charge is -2.41. The lowest BCUT2D eigenvalue weighted by molar-refractivity contribution is -0.144. The number of benzene rings is 2. The zero-order valence-corrected chi connectivity index (χ0v) is 42.1. The number of phenols is 1. The van der Waals surface area contributed by atoms with Crippen LogP contribution in [0.3, 0.4) is 0 Å². The molecule has 0 spiro atoms. The smallest absolute Gasteiger partial charge is 0.246 e. The highest BCUT2D eigenvalue weighted by Gasteiger charge is 2.45. The number of aliphatic hydroxyl groups is 1. The quantitative estimate of drug-likeness (QED) is 0.0873. The van der Waals surface area contributed by atoms with Crippen molar-refractivity contribution in [3.63, 3.8) is 0 Å². The van der Waals surface area contributed by atoms with Crippen LogP contribution in [-0.4, -0.2) is 118 Å². The number of anilines is 1. The van der Waals surface area contributed by atoms with Gasteiger partial charge in [0, 0.05) is 84.5 Å². The van der Waals surface area contributed by atoms with Crippen LogP contribution in [0.1, 0.15) is 113 Å². The molecule has 6 aromatic rings. The van der Waals surface area contributed by atoms with Crippen LogP contribution in [-0.2, 0) is 27.3 Å². The Morgan fingerprint density at radius 1 is 0.930 bits per heavy atom. The molecule has 71 heavy (non-hydrogen) atoms. The van der Waals surface area contributed by atoms with E-state index in [1.165, 1.54) is 4.90 Å². The third kappa shape index (κ3) is 10.0. The number of H-pyrrole nitrogens is 1. The van der Waals surface area contributed by atoms with E-state index in [-0.39, 0.29) is 54.9 Å². The summed E-state index contributed by atoms with van der Waals surface area (Å²) >= 11 is 1.59. The van der Waals surface area contributed by atoms with E-state index in [2.05, 4.69) is 53.6 Å². The Labute approximate surface area is 418 Å². The van der Waals surface area contributed by atoms with Gasteiger partial charge in [-0.15, -0.1) is 21.5 Å². The van der Waals surface area contributed by atoms with E-state index >= 15 is 0 Å². The lowest BCUT2D eigenvalue weighted by Crippen LogP contribution is -2.58. The molecule has 2 saturated heterocycles. The number of phenolic OH excluding ortho intramolecular Hbond substituents is 1. The van der Waals surface area contributed by atoms with Gasteiger partial charge in [0.1, 0.15) is 17.8 Å². The van der Waals surface area contributed by atoms with E-state index in [0.717, 1.165) is 120 Å². The monoisotopic (exact) mass is 979 g/mol. The third-order valence-electron chi connectivity index (χ3n) is 15.5. The number of thiazole rings is 1. The second-order valence-corrected chi connectivity index (χ2v) is 22.0. The molecule has 7 heterocycles. The number of carbonyl (C=O) groups is 3. The number of aliphatic hydroxyl groups excluding tert-OH is 1. The lowest BCUT2D eigenvalue weighted by atomic mass is 9.81. The second-order valence-electron chi connectivity index (χ2n) is 21.1. The van der Waals surface area contributed by atoms with Gasteiger partial charge in [-0.2, -0.15) is 0 Å². The normalized spacial score (nSPS) is 22.6. The maximum atomic E-state index is 14.3. The number of likely N-dealkylation sites (tertiary alicyclic amines) is 2. The van der Waals surface area contributed by atoms with Gasteiger partial charge in [-0.25, -0.2) is 15.0 Å². The van der Waals surface area contributed by atoms with Crippen LogP contribution in [0.4, 0.5) is 5.95 Å². The Balaban J connectivity index is 0.715. The molecule has 0 radical (unpaired) electrons. The van der Waals surface area contributed by atoms with Crippen molar-refractivity contribution in [1.29, 1.82) is 0 Å². The summed E-state index contributed by atoms with van der Waals surface area (Å²) in [6, 6.07) is 17.9. The summed E-state index contributed by atoms with van der Waals surface area (Å²) in [6.45, 7) is 13.0. The number of rotatable bonds is 11. The first-order valence-electron chi connectivity index (χ1n) is 25.3. The first kappa shape index (κ1) is 48.3. The summed E-state index contributed by atoms with van der Waals surface area (Å²) in [6.07, 6.45) is 7.27. The van der Waals surface area contributed by atoms with E-state index in [1.54, 1.807) is 23.5 Å². The van der Waals surface area contributed by atoms with Crippen LogP contribution in [0.5, 0.6) is 5.75 Å². The van der Waals surface area contributed by atoms with Gasteiger partial charge in [0.05, 0.1) is 33.9 Å². The maximum Gasteiger partial charge on any atom is 0.246 e. The third-order valence-corrected chi connectivity index (χ3v) is 16.5. The first-order valence-corrected chi connectivity index (χ1v) is 26.1. The average Bonchev–Trinajstić information content (AvgIpc) is 4.11. The number of para-hydroxylation sites is 1. The molecule has 17 heteroatoms. The summed E-state index contributed by atoms with van der Waals surface area (Å²) in [4.78, 5) is 67.3. The molecule has 4 aromatic heterocycles. The fourth-order valence-corrected chi connectivity index (χ4v) is 12.3. The van der Waals surface area contributed by atoms with Crippen molar-refractivity contribution in [2.24, 2.45) is 11.3 Å². The number of nitrogens with one attached hydrogen (secondary N) is 3. The van der Waals surface area contributed by atoms with Crippen molar-refractivity contribution in [2.45, 2.75) is 129 Å². The number of amides is 3. The molecule has 2 aromatic carbocycles. The molecule has 0 bridgehead atoms. The van der Waals surface area contributed by atoms with Crippen LogP contribution in [0, 0.1) is 18.3 Å². The van der Waals surface area contributed by atoms with E-state index in [9.17, 15) is 24.6 Å². The van der Waals surface area contributed by atoms with Gasteiger partial charge in [-0.05, 0) is 106 Å². The van der Waals surface area contributed by atoms with Crippen LogP contribution in [0.15, 0.2) is 72.4 Å². The number of hydrogen-bond donors (Lipinski definition) is 5. The standard InChI is InChI=1S/C54H65N11O5S/c1-31-47(71-30-57-31)35-12-10-33(11-13-35)28-56-51(69)44-26-38(66)29-65(44)52(70)48(54(3,4)5)60-50(68)36-14-16-37(17-15-36)63-23-19-34(20-24-63)41-18-22-55-53(59-41)64-25-21-42-46(32(64)2)40-27-43(61-62-49(40)58-42)39-8-6-7-9-45(39)67/h6-13,18,22,27,30,32,34,36-38,44,48,66-67H,14-17,19-21,23-26,28-29H2,1-5H3,(H,56,69)(H,58,62)(H,60,68)/t32-,36?,37?,38+,44-,48+/m0/s1. The summed E-state index contributed by atoms with van der Waals surface area (Å²) < 4.78 is 0. The Morgan fingerprint density at radius 3 is 2.41 bits per heavy atom. The van der Waals surface area contributed by atoms with Crippen molar-refractivity contribution in [3.8, 4) is 27.4 Å². The summed E-state index contributed by atoms with van der Waals surface area (Å²) in [5.74, 6) is 0.220. The average molecular weight is 980 g/mol. The predicted octanol–water partition coefficient (Wildman–Crippen LogP) is 7.22. The number of carbonyl (C=O) groups excluding carboxylic acids is 3. The number of aromatic nitrogens is 6. The number of fused-ring (bicyclic) bond motifs is 3. The van der Waals surface area contributed by atoms with Gasteiger partial charge in [0.15, 0.2) is 5.65 Å². The zero-order chi connectivity index (χ0) is 49.6. The summed E-state index contributed by atoms with van der Waals surface area (Å²) in [5.41, 5.74) is 9.54. The highest BCUT2D eigenvalue weighted by atomic mass is 32.1. The highest BCUT2D eigenvalue weighted by Crippen LogP contribution is 2.40. The number of piperidine rings is 1. The number of hydrogen-bond acceptors (Lipinski definition) is 13. The number of β-amino-alcohol motifs (C(OH)–C–C–N with tert-alkyl or cyclic N) is 1. The maximum absolute atomic E-state index is 14.3. The Bertz CT molecular complexity index is 2900. The van der Waals surface area contributed by atoms with Crippen molar-refractivity contribution in [1.82, 2.24) is 50.6 Å². The van der Waals surface area contributed by atoms with E-state index in [0.29, 0.717) is 23.2 Å². The van der Waals surface area contributed by atoms with Gasteiger partial charge in [-0.3, -0.25) is 14.4 Å². The molecule has 1 saturated carbocycles. The fraction of sp³-hybridized carbons (Fsp3) is 0.481. The molecule has 16 nitrogen and oxygen atoms in total. The molecule has 4 aliphatic rings. The number of nitrogens with zero attached hydrogens (tertiary/aromatic N) is 8. The molecule has 372 valence electrons. The van der Waals surface area contributed by atoms with E-state index in [4.69, 9.17) is 9.97 Å². The van der Waals surface area contributed by atoms with Gasteiger partial charge >= 0.3 is 0 Å². The Kier molecular flexibility index (Phi) is 13.7. The first-order chi connectivity index (χ1) is 34.2. The molecular weight excluding hydrogens is 915 g/mol. The fourth-order valence-electron chi connectivity index (χ4n) is 11.4. The molecule has 3 amide bonds. The Morgan fingerprint density at radius 2 is 1.69 bits per heavy atom. The van der Waals surface area contributed by atoms with Gasteiger partial charge in [0.25, 0.3) is 0 Å². The van der Waals surface area contributed by atoms with Crippen LogP contribution >= 0.6 is 11.3 Å². The summed E-state index contributed by atoms with van der Waals surface area (Å²) in [7, 11) is 0. The topological polar surface area (TPSA) is 206 Å². The Hall–Kier alpha value is -6.30. The number of aromatic amines is 1. The molecule has 10 rings (SSSR count). The van der Waals surface area contributed by atoms with Gasteiger partial charge in [-0.1, -0.05) is 57.2 Å². The van der Waals surface area contributed by atoms with Crippen LogP contribution in [0.25, 0.3) is 32.7 Å². The summed E-state index contributed by atoms with van der Waals surface area (Å²) in [5, 5.41) is 37.3. The van der Waals surface area contributed by atoms with Crippen molar-refractivity contribution >= 4 is 46.0 Å². The molecule has 3 aliphatic heterocycles. The molecule has 0 unspecified atom stereocenters. The molecule has 1 aliphatic carbocycles. The highest BCUT2D eigenvalue weighted by molar-refractivity contribution is 7.13. The SMILES string of the molecule is Cc1ncsc1-c1ccc(CNC(=O)[C@@H]2C[C@@H](O)CN2C(=O)[C@@H](NC(=O)C2CCC(N3CCC(c4ccnc(N5CCc6[nH]c7nnc(-c8ccccc8O)cc7c6[C@@H]5C)n4)CC3)CC2)C(C)(C)C)cc1. The number of aromatic hydroxyl groups is 1. The largest absolute Gasteiger partial charge is 0.507 e. The minimum absolute atomic E-state index is 0.00635. The van der Waals surface area contributed by atoms with Crippen LogP contribution < -0.4 is 15.5 Å². The molecule has 3 fully saturated rings. The minimum atomic E-state index is -0.860. The van der Waals surface area contributed by atoms with Crippen molar-refractivity contribution < 1.29 is 24.6 Å². The van der Waals surface area contributed by atoms with Gasteiger partial charge in [0.2, 0.25) is 23.7 Å². The molecule has 4 atom stereocenters. The number of aryl methyl sites for hydroxylation is 1. The van der Waals surface area contributed by atoms with Crippen LogP contribution in [0.2, 0.25) is 0 Å². The molecule has 5 N–H and O–H groups in total.